The Morgan fingerprint density at radius 3 is 3.00 bits per heavy atom. The van der Waals surface area contributed by atoms with Crippen LogP contribution in [-0.4, -0.2) is 22.3 Å². The fourth-order valence-electron chi connectivity index (χ4n) is 1.54. The molecule has 4 heteroatoms. The highest BCUT2D eigenvalue weighted by atomic mass is 16.1. The number of fused-ring (bicyclic) bond motifs is 1. The summed E-state index contributed by atoms with van der Waals surface area (Å²) in [6, 6.07) is 5.46. The molecule has 4 nitrogen and oxygen atoms in total. The first-order valence-electron chi connectivity index (χ1n) is 4.90. The lowest BCUT2D eigenvalue weighted by atomic mass is 10.1. The summed E-state index contributed by atoms with van der Waals surface area (Å²) < 4.78 is 0. The summed E-state index contributed by atoms with van der Waals surface area (Å²) in [6.07, 6.45) is 0.726. The fourth-order valence-corrected chi connectivity index (χ4v) is 1.54. The number of H-pyrrole nitrogens is 1. The third-order valence-electron chi connectivity index (χ3n) is 2.32. The average molecular weight is 203 g/mol. The molecule has 1 aromatic heterocycles. The van der Waals surface area contributed by atoms with Crippen molar-refractivity contribution in [2.45, 2.75) is 13.3 Å². The van der Waals surface area contributed by atoms with E-state index in [4.69, 9.17) is 5.73 Å². The SMILES string of the molecule is CC(=O)c1ccc2nc(CCN)[nH]c2c1. The van der Waals surface area contributed by atoms with Crippen LogP contribution in [0.5, 0.6) is 0 Å². The van der Waals surface area contributed by atoms with E-state index < -0.39 is 0 Å². The van der Waals surface area contributed by atoms with E-state index in [1.165, 1.54) is 0 Å². The summed E-state index contributed by atoms with van der Waals surface area (Å²) in [6.45, 7) is 2.12. The minimum Gasteiger partial charge on any atom is -0.342 e. The maximum atomic E-state index is 11.2. The monoisotopic (exact) mass is 203 g/mol. The van der Waals surface area contributed by atoms with Crippen molar-refractivity contribution in [3.05, 3.63) is 29.6 Å². The minimum atomic E-state index is 0.0619. The predicted octanol–water partition coefficient (Wildman–Crippen LogP) is 1.27. The van der Waals surface area contributed by atoms with Crippen molar-refractivity contribution in [3.63, 3.8) is 0 Å². The number of carbonyl (C=O) groups excluding carboxylic acids is 1. The van der Waals surface area contributed by atoms with Gasteiger partial charge >= 0.3 is 0 Å². The summed E-state index contributed by atoms with van der Waals surface area (Å²) in [5, 5.41) is 0. The van der Waals surface area contributed by atoms with Gasteiger partial charge in [-0.25, -0.2) is 4.98 Å². The van der Waals surface area contributed by atoms with Gasteiger partial charge in [-0.2, -0.15) is 0 Å². The molecule has 0 unspecified atom stereocenters. The van der Waals surface area contributed by atoms with E-state index in [0.717, 1.165) is 23.3 Å². The maximum Gasteiger partial charge on any atom is 0.159 e. The zero-order chi connectivity index (χ0) is 10.8. The first-order chi connectivity index (χ1) is 7.20. The van der Waals surface area contributed by atoms with Crippen molar-refractivity contribution in [1.29, 1.82) is 0 Å². The number of Topliss-reactive ketones (excluding diaryl/α,β-unsaturated/α-hetero) is 1. The number of hydrogen-bond donors (Lipinski definition) is 2. The number of rotatable bonds is 3. The molecule has 0 spiro atoms. The zero-order valence-corrected chi connectivity index (χ0v) is 8.58. The highest BCUT2D eigenvalue weighted by molar-refractivity contribution is 5.97. The molecule has 2 rings (SSSR count). The van der Waals surface area contributed by atoms with Crippen molar-refractivity contribution in [1.82, 2.24) is 9.97 Å². The number of benzene rings is 1. The number of nitrogens with two attached hydrogens (primary N) is 1. The lowest BCUT2D eigenvalue weighted by Gasteiger charge is -1.93. The van der Waals surface area contributed by atoms with Crippen LogP contribution in [0.3, 0.4) is 0 Å². The predicted molar refractivity (Wildman–Crippen MR) is 58.9 cm³/mol. The molecule has 0 fully saturated rings. The second kappa shape index (κ2) is 3.82. The van der Waals surface area contributed by atoms with Crippen LogP contribution in [0, 0.1) is 0 Å². The third-order valence-corrected chi connectivity index (χ3v) is 2.32. The van der Waals surface area contributed by atoms with Crippen LogP contribution in [0.4, 0.5) is 0 Å². The van der Waals surface area contributed by atoms with Gasteiger partial charge in [-0.15, -0.1) is 0 Å². The van der Waals surface area contributed by atoms with Gasteiger partial charge in [0.2, 0.25) is 0 Å². The molecule has 3 N–H and O–H groups in total. The minimum absolute atomic E-state index is 0.0619. The van der Waals surface area contributed by atoms with E-state index in [9.17, 15) is 4.79 Å². The molecule has 0 atom stereocenters. The molecule has 0 radical (unpaired) electrons. The van der Waals surface area contributed by atoms with Crippen molar-refractivity contribution in [2.75, 3.05) is 6.54 Å². The maximum absolute atomic E-state index is 11.2. The van der Waals surface area contributed by atoms with Gasteiger partial charge in [0.05, 0.1) is 11.0 Å². The second-order valence-electron chi connectivity index (χ2n) is 3.51. The summed E-state index contributed by atoms with van der Waals surface area (Å²) in [5.74, 6) is 0.931. The van der Waals surface area contributed by atoms with E-state index in [0.29, 0.717) is 12.1 Å². The normalized spacial score (nSPS) is 10.8. The average Bonchev–Trinajstić information content (AvgIpc) is 2.59. The lowest BCUT2D eigenvalue weighted by Crippen LogP contribution is -2.03. The molecule has 0 aliphatic heterocycles. The van der Waals surface area contributed by atoms with Gasteiger partial charge in [-0.1, -0.05) is 0 Å². The number of hydrogen-bond acceptors (Lipinski definition) is 3. The summed E-state index contributed by atoms with van der Waals surface area (Å²) in [5.41, 5.74) is 7.92. The Kier molecular flexibility index (Phi) is 2.51. The molecule has 0 aliphatic rings. The molecule has 0 saturated heterocycles. The topological polar surface area (TPSA) is 71.8 Å². The van der Waals surface area contributed by atoms with Crippen LogP contribution in [0.1, 0.15) is 23.1 Å². The molecule has 0 saturated carbocycles. The largest absolute Gasteiger partial charge is 0.342 e. The van der Waals surface area contributed by atoms with Crippen LogP contribution in [0.15, 0.2) is 18.2 Å². The lowest BCUT2D eigenvalue weighted by molar-refractivity contribution is 0.101. The van der Waals surface area contributed by atoms with Crippen molar-refractivity contribution in [3.8, 4) is 0 Å². The number of aromatic nitrogens is 2. The van der Waals surface area contributed by atoms with Gasteiger partial charge in [0, 0.05) is 12.0 Å². The first-order valence-corrected chi connectivity index (χ1v) is 4.90. The van der Waals surface area contributed by atoms with Crippen molar-refractivity contribution >= 4 is 16.8 Å². The zero-order valence-electron chi connectivity index (χ0n) is 8.58. The van der Waals surface area contributed by atoms with E-state index in [-0.39, 0.29) is 5.78 Å². The summed E-state index contributed by atoms with van der Waals surface area (Å²) in [7, 11) is 0. The molecule has 1 heterocycles. The van der Waals surface area contributed by atoms with Gasteiger partial charge in [0.1, 0.15) is 5.82 Å². The first kappa shape index (κ1) is 9.86. The summed E-state index contributed by atoms with van der Waals surface area (Å²) in [4.78, 5) is 18.7. The van der Waals surface area contributed by atoms with Crippen LogP contribution in [0.25, 0.3) is 11.0 Å². The van der Waals surface area contributed by atoms with Gasteiger partial charge in [-0.05, 0) is 31.7 Å². The Hall–Kier alpha value is -1.68. The molecule has 78 valence electrons. The Morgan fingerprint density at radius 1 is 1.53 bits per heavy atom. The van der Waals surface area contributed by atoms with Crippen LogP contribution < -0.4 is 5.73 Å². The van der Waals surface area contributed by atoms with Gasteiger partial charge in [-0.3, -0.25) is 4.79 Å². The fraction of sp³-hybridized carbons (Fsp3) is 0.273. The van der Waals surface area contributed by atoms with Gasteiger partial charge < -0.3 is 10.7 Å². The Labute approximate surface area is 87.5 Å². The molecular formula is C11H13N3O. The quantitative estimate of drug-likeness (QED) is 0.738. The molecule has 0 bridgehead atoms. The highest BCUT2D eigenvalue weighted by Gasteiger charge is 2.05. The molecule has 0 aliphatic carbocycles. The van der Waals surface area contributed by atoms with Crippen LogP contribution in [0.2, 0.25) is 0 Å². The second-order valence-corrected chi connectivity index (χ2v) is 3.51. The Bertz CT molecular complexity index is 502. The van der Waals surface area contributed by atoms with E-state index in [1.54, 1.807) is 13.0 Å². The smallest absolute Gasteiger partial charge is 0.159 e. The molecule has 15 heavy (non-hydrogen) atoms. The van der Waals surface area contributed by atoms with Gasteiger partial charge in [0.25, 0.3) is 0 Å². The standard InChI is InChI=1S/C11H13N3O/c1-7(15)8-2-3-9-10(6-8)14-11(13-9)4-5-12/h2-3,6H,4-5,12H2,1H3,(H,13,14). The molecular weight excluding hydrogens is 190 g/mol. The van der Waals surface area contributed by atoms with Crippen molar-refractivity contribution in [2.24, 2.45) is 5.73 Å². The third kappa shape index (κ3) is 1.89. The van der Waals surface area contributed by atoms with E-state index in [1.807, 2.05) is 12.1 Å². The number of nitrogens with zero attached hydrogens (tertiary/aromatic N) is 1. The van der Waals surface area contributed by atoms with Crippen LogP contribution >= 0.6 is 0 Å². The Balaban J connectivity index is 2.47. The molecule has 2 aromatic rings. The van der Waals surface area contributed by atoms with Crippen molar-refractivity contribution < 1.29 is 4.79 Å². The Morgan fingerprint density at radius 2 is 2.33 bits per heavy atom. The number of ketones is 1. The van der Waals surface area contributed by atoms with E-state index >= 15 is 0 Å². The highest BCUT2D eigenvalue weighted by Crippen LogP contribution is 2.14. The number of imidazole rings is 1. The van der Waals surface area contributed by atoms with Gasteiger partial charge in [0.15, 0.2) is 5.78 Å². The number of carbonyl (C=O) groups is 1. The summed E-state index contributed by atoms with van der Waals surface area (Å²) >= 11 is 0. The van der Waals surface area contributed by atoms with E-state index in [2.05, 4.69) is 9.97 Å². The molecule has 0 amide bonds. The number of nitrogens with one attached hydrogen (secondary N) is 1. The molecule has 1 aromatic carbocycles. The van der Waals surface area contributed by atoms with Crippen LogP contribution in [-0.2, 0) is 6.42 Å². The number of aromatic amines is 1.